The lowest BCUT2D eigenvalue weighted by molar-refractivity contribution is -0.140. The summed E-state index contributed by atoms with van der Waals surface area (Å²) in [5.74, 6) is -0.178. The second-order valence-electron chi connectivity index (χ2n) is 9.97. The lowest BCUT2D eigenvalue weighted by atomic mass is 10.1. The first-order chi connectivity index (χ1) is 19.6. The van der Waals surface area contributed by atoms with Crippen molar-refractivity contribution in [1.82, 2.24) is 10.2 Å². The molecule has 0 fully saturated rings. The molecule has 0 aromatic heterocycles. The maximum atomic E-state index is 14.1. The second kappa shape index (κ2) is 14.7. The number of nitrogens with zero attached hydrogens (tertiary/aromatic N) is 2. The zero-order chi connectivity index (χ0) is 30.0. The number of rotatable bonds is 14. The fourth-order valence-electron chi connectivity index (χ4n) is 4.42. The van der Waals surface area contributed by atoms with Gasteiger partial charge in [-0.3, -0.25) is 13.9 Å². The number of ether oxygens (including phenoxy) is 1. The second-order valence-corrected chi connectivity index (χ2v) is 11.8. The van der Waals surface area contributed by atoms with Gasteiger partial charge in [-0.15, -0.1) is 0 Å². The van der Waals surface area contributed by atoms with E-state index in [-0.39, 0.29) is 17.3 Å². The molecule has 0 aliphatic heterocycles. The predicted molar refractivity (Wildman–Crippen MR) is 162 cm³/mol. The number of nitrogens with one attached hydrogen (secondary N) is 1. The van der Waals surface area contributed by atoms with Gasteiger partial charge in [0.15, 0.2) is 0 Å². The van der Waals surface area contributed by atoms with E-state index in [1.165, 1.54) is 17.0 Å². The highest BCUT2D eigenvalue weighted by atomic mass is 32.2. The number of hydrogen-bond acceptors (Lipinski definition) is 5. The van der Waals surface area contributed by atoms with Gasteiger partial charge in [0.05, 0.1) is 17.2 Å². The Morgan fingerprint density at radius 3 is 1.98 bits per heavy atom. The molecule has 0 spiro atoms. The van der Waals surface area contributed by atoms with Crippen LogP contribution in [0.15, 0.2) is 77.7 Å². The van der Waals surface area contributed by atoms with Gasteiger partial charge in [-0.25, -0.2) is 8.42 Å². The van der Waals surface area contributed by atoms with Crippen LogP contribution in [0.4, 0.5) is 5.69 Å². The van der Waals surface area contributed by atoms with Crippen LogP contribution in [0.5, 0.6) is 5.75 Å². The number of sulfonamides is 1. The third-order valence-electron chi connectivity index (χ3n) is 6.73. The molecule has 9 heteroatoms. The Hall–Kier alpha value is -3.85. The van der Waals surface area contributed by atoms with Crippen LogP contribution in [0.25, 0.3) is 0 Å². The van der Waals surface area contributed by atoms with Crippen LogP contribution < -0.4 is 14.4 Å². The van der Waals surface area contributed by atoms with E-state index < -0.39 is 28.5 Å². The minimum atomic E-state index is -4.14. The van der Waals surface area contributed by atoms with Crippen LogP contribution in [-0.2, 0) is 26.2 Å². The van der Waals surface area contributed by atoms with Crippen molar-refractivity contribution in [3.8, 4) is 5.75 Å². The Labute approximate surface area is 244 Å². The molecular formula is C32H41N3O5S. The van der Waals surface area contributed by atoms with Crippen molar-refractivity contribution >= 4 is 27.5 Å². The monoisotopic (exact) mass is 579 g/mol. The van der Waals surface area contributed by atoms with Gasteiger partial charge < -0.3 is 15.0 Å². The lowest BCUT2D eigenvalue weighted by Crippen LogP contribution is -2.52. The van der Waals surface area contributed by atoms with Gasteiger partial charge in [0.25, 0.3) is 10.0 Å². The van der Waals surface area contributed by atoms with Gasteiger partial charge in [0, 0.05) is 13.1 Å². The van der Waals surface area contributed by atoms with Gasteiger partial charge in [-0.1, -0.05) is 61.4 Å². The number of carbonyl (C=O) groups is 2. The van der Waals surface area contributed by atoms with Crippen molar-refractivity contribution in [2.45, 2.75) is 64.9 Å². The van der Waals surface area contributed by atoms with Crippen LogP contribution in [0.1, 0.15) is 50.3 Å². The smallest absolute Gasteiger partial charge is 0.264 e. The summed E-state index contributed by atoms with van der Waals surface area (Å²) >= 11 is 0. The van der Waals surface area contributed by atoms with Crippen LogP contribution in [0.2, 0.25) is 0 Å². The number of anilines is 1. The Morgan fingerprint density at radius 1 is 0.854 bits per heavy atom. The van der Waals surface area contributed by atoms with E-state index >= 15 is 0 Å². The molecule has 0 aliphatic rings. The molecule has 1 N–H and O–H groups in total. The summed E-state index contributed by atoms with van der Waals surface area (Å²) in [5, 5.41) is 2.90. The Kier molecular flexibility index (Phi) is 11.3. The summed E-state index contributed by atoms with van der Waals surface area (Å²) in [6.07, 6.45) is 1.14. The number of carbonyl (C=O) groups excluding carboxylic acids is 2. The number of aryl methyl sites for hydroxylation is 2. The summed E-state index contributed by atoms with van der Waals surface area (Å²) in [7, 11) is -4.14. The molecule has 3 aromatic rings. The summed E-state index contributed by atoms with van der Waals surface area (Å²) in [4.78, 5) is 28.8. The molecule has 0 heterocycles. The van der Waals surface area contributed by atoms with E-state index in [1.807, 2.05) is 58.9 Å². The topological polar surface area (TPSA) is 96.0 Å². The molecular weight excluding hydrogens is 538 g/mol. The van der Waals surface area contributed by atoms with Crippen molar-refractivity contribution in [3.63, 3.8) is 0 Å². The first kappa shape index (κ1) is 31.7. The maximum absolute atomic E-state index is 14.1. The number of benzene rings is 3. The average Bonchev–Trinajstić information content (AvgIpc) is 2.96. The number of hydrogen-bond donors (Lipinski definition) is 1. The molecule has 0 aliphatic carbocycles. The minimum Gasteiger partial charge on any atom is -0.494 e. The molecule has 41 heavy (non-hydrogen) atoms. The summed E-state index contributed by atoms with van der Waals surface area (Å²) in [6, 6.07) is 20.1. The van der Waals surface area contributed by atoms with E-state index in [0.717, 1.165) is 27.4 Å². The molecule has 1 atom stereocenters. The van der Waals surface area contributed by atoms with Gasteiger partial charge in [-0.2, -0.15) is 0 Å². The first-order valence-electron chi connectivity index (χ1n) is 14.1. The summed E-state index contributed by atoms with van der Waals surface area (Å²) in [6.45, 7) is 10.2. The Bertz CT molecular complexity index is 1390. The summed E-state index contributed by atoms with van der Waals surface area (Å²) in [5.41, 5.74) is 3.24. The van der Waals surface area contributed by atoms with Crippen LogP contribution >= 0.6 is 0 Å². The highest BCUT2D eigenvalue weighted by Gasteiger charge is 2.33. The third kappa shape index (κ3) is 8.33. The van der Waals surface area contributed by atoms with E-state index in [1.54, 1.807) is 36.4 Å². The van der Waals surface area contributed by atoms with E-state index in [9.17, 15) is 18.0 Å². The fourth-order valence-corrected chi connectivity index (χ4v) is 5.83. The molecule has 3 aromatic carbocycles. The van der Waals surface area contributed by atoms with Crippen molar-refractivity contribution in [2.75, 3.05) is 24.0 Å². The van der Waals surface area contributed by atoms with Crippen LogP contribution in [0.3, 0.4) is 0 Å². The molecule has 0 saturated heterocycles. The standard InChI is InChI=1S/C32H41N3O5S/c1-6-21-33-32(37)30(7-2)34(22-26-13-9-24(4)10-14-26)31(36)23-35(27-15-11-25(5)12-16-27)41(38,39)29-19-17-28(18-20-29)40-8-3/h9-20,30H,6-8,21-23H2,1-5H3,(H,33,37). The molecule has 0 saturated carbocycles. The Balaban J connectivity index is 2.03. The lowest BCUT2D eigenvalue weighted by Gasteiger charge is -2.33. The van der Waals surface area contributed by atoms with Gasteiger partial charge >= 0.3 is 0 Å². The van der Waals surface area contributed by atoms with Gasteiger partial charge in [0.2, 0.25) is 11.8 Å². The zero-order valence-corrected chi connectivity index (χ0v) is 25.4. The van der Waals surface area contributed by atoms with Crippen molar-refractivity contribution < 1.29 is 22.7 Å². The largest absolute Gasteiger partial charge is 0.494 e. The third-order valence-corrected chi connectivity index (χ3v) is 8.52. The van der Waals surface area contributed by atoms with Crippen LogP contribution in [-0.4, -0.2) is 50.9 Å². The molecule has 220 valence electrons. The van der Waals surface area contributed by atoms with E-state index in [4.69, 9.17) is 4.74 Å². The SMILES string of the molecule is CCCNC(=O)C(CC)N(Cc1ccc(C)cc1)C(=O)CN(c1ccc(C)cc1)S(=O)(=O)c1ccc(OCC)cc1. The van der Waals surface area contributed by atoms with Gasteiger partial charge in [-0.05, 0) is 75.6 Å². The maximum Gasteiger partial charge on any atom is 0.264 e. The highest BCUT2D eigenvalue weighted by molar-refractivity contribution is 7.92. The average molecular weight is 580 g/mol. The molecule has 1 unspecified atom stereocenters. The highest BCUT2D eigenvalue weighted by Crippen LogP contribution is 2.26. The molecule has 2 amide bonds. The minimum absolute atomic E-state index is 0.0344. The van der Waals surface area contributed by atoms with E-state index in [2.05, 4.69) is 5.32 Å². The van der Waals surface area contributed by atoms with Crippen molar-refractivity contribution in [1.29, 1.82) is 0 Å². The molecule has 0 bridgehead atoms. The Morgan fingerprint density at radius 2 is 1.44 bits per heavy atom. The van der Waals surface area contributed by atoms with Crippen molar-refractivity contribution in [3.05, 3.63) is 89.5 Å². The van der Waals surface area contributed by atoms with Gasteiger partial charge in [0.1, 0.15) is 18.3 Å². The molecule has 0 radical (unpaired) electrons. The quantitative estimate of drug-likeness (QED) is 0.282. The van der Waals surface area contributed by atoms with E-state index in [0.29, 0.717) is 31.0 Å². The molecule has 8 nitrogen and oxygen atoms in total. The predicted octanol–water partition coefficient (Wildman–Crippen LogP) is 5.23. The zero-order valence-electron chi connectivity index (χ0n) is 24.6. The fraction of sp³-hybridized carbons (Fsp3) is 0.375. The number of amides is 2. The summed E-state index contributed by atoms with van der Waals surface area (Å²) < 4.78 is 34.6. The first-order valence-corrected chi connectivity index (χ1v) is 15.5. The van der Waals surface area contributed by atoms with Crippen LogP contribution in [0, 0.1) is 13.8 Å². The van der Waals surface area contributed by atoms with Crippen molar-refractivity contribution in [2.24, 2.45) is 0 Å². The normalized spacial score (nSPS) is 11.9. The molecule has 3 rings (SSSR count).